The molecule has 0 fully saturated rings. The van der Waals surface area contributed by atoms with Gasteiger partial charge in [-0.05, 0) is 124 Å². The molecule has 0 aliphatic heterocycles. The predicted molar refractivity (Wildman–Crippen MR) is 218 cm³/mol. The molecule has 11 aromatic rings. The van der Waals surface area contributed by atoms with Crippen LogP contribution in [0.25, 0.3) is 109 Å². The van der Waals surface area contributed by atoms with Crippen LogP contribution in [0, 0.1) is 0 Å². The molecular weight excluding hydrogens is 617 g/mol. The molecule has 0 N–H and O–H groups in total. The average Bonchev–Trinajstić information content (AvgIpc) is 3.58. The highest BCUT2D eigenvalue weighted by molar-refractivity contribution is 6.23. The van der Waals surface area contributed by atoms with E-state index < -0.39 is 0 Å². The Bertz CT molecular complexity index is 3200. The number of benzene rings is 10. The molecule has 0 radical (unpaired) electrons. The second kappa shape index (κ2) is 10.9. The van der Waals surface area contributed by atoms with Crippen LogP contribution < -0.4 is 0 Å². The van der Waals surface area contributed by atoms with Gasteiger partial charge in [0.2, 0.25) is 0 Å². The van der Waals surface area contributed by atoms with E-state index in [-0.39, 0.29) is 0 Å². The highest BCUT2D eigenvalue weighted by Crippen LogP contribution is 2.46. The Morgan fingerprint density at radius 2 is 0.725 bits per heavy atom. The molecule has 0 amide bonds. The summed E-state index contributed by atoms with van der Waals surface area (Å²) < 4.78 is 6.51. The summed E-state index contributed by atoms with van der Waals surface area (Å²) in [6, 6.07) is 66.5. The van der Waals surface area contributed by atoms with Gasteiger partial charge in [-0.1, -0.05) is 146 Å². The molecule has 0 aliphatic rings. The summed E-state index contributed by atoms with van der Waals surface area (Å²) >= 11 is 0. The van der Waals surface area contributed by atoms with Gasteiger partial charge in [0.25, 0.3) is 0 Å². The number of fused-ring (bicyclic) bond motifs is 9. The van der Waals surface area contributed by atoms with Gasteiger partial charge in [-0.15, -0.1) is 0 Å². The van der Waals surface area contributed by atoms with E-state index in [0.717, 1.165) is 27.7 Å². The SMILES string of the molecule is c1ccc2cc(-c3c4ccccc4c(-c4ccc5ccccc5c4)c4cc(-c5ccc6c(c5)oc5ccc7ccccc7c56)ccc34)ccc2c1. The monoisotopic (exact) mass is 646 g/mol. The molecule has 1 aromatic heterocycles. The van der Waals surface area contributed by atoms with Crippen LogP contribution in [0.3, 0.4) is 0 Å². The van der Waals surface area contributed by atoms with Crippen LogP contribution in [-0.4, -0.2) is 0 Å². The van der Waals surface area contributed by atoms with Gasteiger partial charge < -0.3 is 4.42 Å². The van der Waals surface area contributed by atoms with Crippen LogP contribution in [0.2, 0.25) is 0 Å². The summed E-state index contributed by atoms with van der Waals surface area (Å²) in [5, 5.41) is 14.7. The van der Waals surface area contributed by atoms with Crippen LogP contribution >= 0.6 is 0 Å². The van der Waals surface area contributed by atoms with Crippen molar-refractivity contribution < 1.29 is 4.42 Å². The van der Waals surface area contributed by atoms with E-state index in [1.54, 1.807) is 0 Å². The lowest BCUT2D eigenvalue weighted by Crippen LogP contribution is -1.92. The molecule has 0 unspecified atom stereocenters. The summed E-state index contributed by atoms with van der Waals surface area (Å²) in [6.45, 7) is 0. The first kappa shape index (κ1) is 28.2. The van der Waals surface area contributed by atoms with Gasteiger partial charge in [-0.3, -0.25) is 0 Å². The van der Waals surface area contributed by atoms with Gasteiger partial charge in [0, 0.05) is 10.8 Å². The van der Waals surface area contributed by atoms with Crippen LogP contribution in [-0.2, 0) is 0 Å². The van der Waals surface area contributed by atoms with Gasteiger partial charge in [-0.2, -0.15) is 0 Å². The number of furan rings is 1. The molecule has 0 saturated heterocycles. The van der Waals surface area contributed by atoms with Crippen molar-refractivity contribution in [1.82, 2.24) is 0 Å². The molecule has 51 heavy (non-hydrogen) atoms. The molecule has 11 rings (SSSR count). The van der Waals surface area contributed by atoms with E-state index in [9.17, 15) is 0 Å². The van der Waals surface area contributed by atoms with Crippen LogP contribution in [0.15, 0.2) is 186 Å². The summed E-state index contributed by atoms with van der Waals surface area (Å²) in [5.74, 6) is 0. The Labute approximate surface area is 294 Å². The highest BCUT2D eigenvalue weighted by atomic mass is 16.3. The van der Waals surface area contributed by atoms with Gasteiger partial charge in [0.05, 0.1) is 0 Å². The molecule has 0 atom stereocenters. The summed E-state index contributed by atoms with van der Waals surface area (Å²) in [4.78, 5) is 0. The zero-order valence-electron chi connectivity index (χ0n) is 27.7. The lowest BCUT2D eigenvalue weighted by atomic mass is 9.84. The minimum atomic E-state index is 0.907. The zero-order chi connectivity index (χ0) is 33.5. The maximum Gasteiger partial charge on any atom is 0.136 e. The van der Waals surface area contributed by atoms with E-state index in [2.05, 4.69) is 182 Å². The maximum absolute atomic E-state index is 6.51. The third-order valence-corrected chi connectivity index (χ3v) is 10.8. The van der Waals surface area contributed by atoms with Gasteiger partial charge in [0.15, 0.2) is 0 Å². The summed E-state index contributed by atoms with van der Waals surface area (Å²) in [7, 11) is 0. The highest BCUT2D eigenvalue weighted by Gasteiger charge is 2.19. The minimum Gasteiger partial charge on any atom is -0.456 e. The lowest BCUT2D eigenvalue weighted by Gasteiger charge is -2.19. The minimum absolute atomic E-state index is 0.907. The lowest BCUT2D eigenvalue weighted by molar-refractivity contribution is 0.669. The summed E-state index contributed by atoms with van der Waals surface area (Å²) in [5.41, 5.74) is 9.10. The molecule has 1 heteroatoms. The quantitative estimate of drug-likeness (QED) is 0.174. The van der Waals surface area contributed by atoms with Crippen LogP contribution in [0.5, 0.6) is 0 Å². The van der Waals surface area contributed by atoms with Crippen molar-refractivity contribution in [3.63, 3.8) is 0 Å². The fraction of sp³-hybridized carbons (Fsp3) is 0. The first-order valence-electron chi connectivity index (χ1n) is 17.6. The first-order chi connectivity index (χ1) is 25.3. The largest absolute Gasteiger partial charge is 0.456 e. The van der Waals surface area contributed by atoms with Gasteiger partial charge in [0.1, 0.15) is 11.2 Å². The van der Waals surface area contributed by atoms with Crippen molar-refractivity contribution in [3.8, 4) is 33.4 Å². The van der Waals surface area contributed by atoms with Crippen LogP contribution in [0.1, 0.15) is 0 Å². The first-order valence-corrected chi connectivity index (χ1v) is 17.6. The molecule has 0 spiro atoms. The van der Waals surface area contributed by atoms with Gasteiger partial charge in [-0.25, -0.2) is 0 Å². The van der Waals surface area contributed by atoms with Crippen molar-refractivity contribution in [1.29, 1.82) is 0 Å². The zero-order valence-corrected chi connectivity index (χ0v) is 27.7. The van der Waals surface area contributed by atoms with Crippen molar-refractivity contribution in [2.24, 2.45) is 0 Å². The van der Waals surface area contributed by atoms with E-state index in [1.807, 2.05) is 0 Å². The normalized spacial score (nSPS) is 11.9. The molecule has 0 saturated carbocycles. The van der Waals surface area contributed by atoms with Crippen molar-refractivity contribution in [2.75, 3.05) is 0 Å². The molecule has 0 bridgehead atoms. The van der Waals surface area contributed by atoms with E-state index >= 15 is 0 Å². The Morgan fingerprint density at radius 1 is 0.255 bits per heavy atom. The fourth-order valence-corrected chi connectivity index (χ4v) is 8.40. The van der Waals surface area contributed by atoms with Crippen LogP contribution in [0.4, 0.5) is 0 Å². The van der Waals surface area contributed by atoms with E-state index in [4.69, 9.17) is 4.42 Å². The molecule has 1 nitrogen and oxygen atoms in total. The molecule has 236 valence electrons. The molecule has 1 heterocycles. The predicted octanol–water partition coefficient (Wildman–Crippen LogP) is 14.4. The number of hydrogen-bond donors (Lipinski definition) is 0. The topological polar surface area (TPSA) is 13.1 Å². The van der Waals surface area contributed by atoms with Crippen molar-refractivity contribution >= 4 is 75.8 Å². The van der Waals surface area contributed by atoms with Gasteiger partial charge >= 0.3 is 0 Å². The third-order valence-electron chi connectivity index (χ3n) is 10.8. The second-order valence-corrected chi connectivity index (χ2v) is 13.7. The molecule has 10 aromatic carbocycles. The standard InChI is InChI=1S/C50H30O/c1-3-12-34-27-38(19-17-31(34)9-1)48-41-15-7-8-16-42(41)49(39-20-18-32-10-2-4-13-35(32)28-39)45-29-36(21-24-43(45)48)37-22-25-44-47(30-37)51-46-26-23-33-11-5-6-14-40(33)50(44)46/h1-30H. The van der Waals surface area contributed by atoms with Crippen molar-refractivity contribution in [3.05, 3.63) is 182 Å². The van der Waals surface area contributed by atoms with E-state index in [1.165, 1.54) is 81.5 Å². The Hall–Kier alpha value is -6.70. The second-order valence-electron chi connectivity index (χ2n) is 13.7. The smallest absolute Gasteiger partial charge is 0.136 e. The number of rotatable bonds is 3. The average molecular weight is 647 g/mol. The summed E-state index contributed by atoms with van der Waals surface area (Å²) in [6.07, 6.45) is 0. The molecule has 0 aliphatic carbocycles. The Morgan fingerprint density at radius 3 is 1.39 bits per heavy atom. The third kappa shape index (κ3) is 4.35. The van der Waals surface area contributed by atoms with Crippen molar-refractivity contribution in [2.45, 2.75) is 0 Å². The Kier molecular flexibility index (Phi) is 6.02. The Balaban J connectivity index is 1.20. The van der Waals surface area contributed by atoms with E-state index in [0.29, 0.717) is 0 Å². The molecular formula is C50H30O. The maximum atomic E-state index is 6.51. The fourth-order valence-electron chi connectivity index (χ4n) is 8.40. The number of hydrogen-bond acceptors (Lipinski definition) is 1.